The van der Waals surface area contributed by atoms with E-state index in [0.717, 1.165) is 11.3 Å². The van der Waals surface area contributed by atoms with Gasteiger partial charge in [0.2, 0.25) is 0 Å². The summed E-state index contributed by atoms with van der Waals surface area (Å²) < 4.78 is 78.1. The maximum absolute atomic E-state index is 15.8. The third kappa shape index (κ3) is 6.74. The van der Waals surface area contributed by atoms with Crippen LogP contribution in [0.3, 0.4) is 0 Å². The summed E-state index contributed by atoms with van der Waals surface area (Å²) in [7, 11) is -3.34. The summed E-state index contributed by atoms with van der Waals surface area (Å²) in [5.74, 6) is 0. The lowest BCUT2D eigenvalue weighted by atomic mass is 9.90. The highest BCUT2D eigenvalue weighted by Crippen LogP contribution is 2.35. The van der Waals surface area contributed by atoms with Gasteiger partial charge in [-0.05, 0) is 36.6 Å². The Balaban J connectivity index is 1.50. The molecule has 2 heterocycles. The molecule has 192 valence electrons. The Morgan fingerprint density at radius 2 is 1.66 bits per heavy atom. The molecular weight excluding hydrogens is 482 g/mol. The molecule has 0 spiro atoms. The minimum Gasteiger partial charge on any atom is -0.368 e. The third-order valence-electron chi connectivity index (χ3n) is 6.93. The molecule has 0 N–H and O–H groups in total. The molecule has 2 aromatic rings. The van der Waals surface area contributed by atoms with Gasteiger partial charge in [-0.3, -0.25) is 9.80 Å². The molecule has 35 heavy (non-hydrogen) atoms. The summed E-state index contributed by atoms with van der Waals surface area (Å²) in [6.45, 7) is 1.03. The van der Waals surface area contributed by atoms with E-state index in [1.165, 1.54) is 11.2 Å². The van der Waals surface area contributed by atoms with E-state index in [-0.39, 0.29) is 43.4 Å². The van der Waals surface area contributed by atoms with Crippen LogP contribution in [0.15, 0.2) is 59.5 Å². The van der Waals surface area contributed by atoms with Crippen LogP contribution in [0.5, 0.6) is 0 Å². The first-order valence-electron chi connectivity index (χ1n) is 11.7. The standard InChI is InChI=1S/C25H31F4N3O2S/c1-35(33,34)22-9-5-8-21(16-22)31-14-15-32(23(17-31)20-6-3-2-4-7-20)18-24(26)10-12-30(13-11-24)19-25(27,28)29/h2-9,16,23H,10-15,17-19H2,1H3/t23-/m1/s1. The van der Waals surface area contributed by atoms with Gasteiger partial charge in [0.25, 0.3) is 0 Å². The van der Waals surface area contributed by atoms with Crippen molar-refractivity contribution in [1.29, 1.82) is 0 Å². The minimum absolute atomic E-state index is 0.0706. The van der Waals surface area contributed by atoms with Gasteiger partial charge in [0, 0.05) is 51.2 Å². The average Bonchev–Trinajstić information content (AvgIpc) is 2.80. The number of piperidine rings is 1. The number of hydrogen-bond donors (Lipinski definition) is 0. The van der Waals surface area contributed by atoms with Crippen molar-refractivity contribution >= 4 is 15.5 Å². The Morgan fingerprint density at radius 3 is 2.29 bits per heavy atom. The van der Waals surface area contributed by atoms with Crippen LogP contribution in [0.4, 0.5) is 23.2 Å². The first-order chi connectivity index (χ1) is 16.4. The number of rotatable bonds is 6. The number of hydrogen-bond acceptors (Lipinski definition) is 5. The SMILES string of the molecule is CS(=O)(=O)c1cccc(N2CCN(CC3(F)CCN(CC(F)(F)F)CC3)[C@@H](c3ccccc3)C2)c1. The van der Waals surface area contributed by atoms with E-state index >= 15 is 4.39 Å². The van der Waals surface area contributed by atoms with Crippen LogP contribution in [-0.4, -0.2) is 82.1 Å². The lowest BCUT2D eigenvalue weighted by molar-refractivity contribution is -0.152. The molecule has 2 fully saturated rings. The van der Waals surface area contributed by atoms with E-state index in [4.69, 9.17) is 0 Å². The molecular formula is C25H31F4N3O2S. The normalized spacial score (nSPS) is 22.3. The highest BCUT2D eigenvalue weighted by atomic mass is 32.2. The summed E-state index contributed by atoms with van der Waals surface area (Å²) >= 11 is 0. The van der Waals surface area contributed by atoms with E-state index in [1.807, 2.05) is 36.4 Å². The van der Waals surface area contributed by atoms with E-state index < -0.39 is 28.2 Å². The molecule has 0 unspecified atom stereocenters. The van der Waals surface area contributed by atoms with Gasteiger partial charge in [-0.25, -0.2) is 12.8 Å². The molecule has 0 bridgehead atoms. The molecule has 2 aliphatic rings. The Hall–Kier alpha value is -2.17. The Kier molecular flexibility index (Phi) is 7.45. The number of anilines is 1. The van der Waals surface area contributed by atoms with Gasteiger partial charge in [0.05, 0.1) is 17.5 Å². The highest BCUT2D eigenvalue weighted by Gasteiger charge is 2.41. The monoisotopic (exact) mass is 513 g/mol. The molecule has 0 radical (unpaired) electrons. The maximum Gasteiger partial charge on any atom is 0.401 e. The second kappa shape index (κ2) is 10.1. The second-order valence-corrected chi connectivity index (χ2v) is 11.7. The first kappa shape index (κ1) is 25.9. The van der Waals surface area contributed by atoms with Gasteiger partial charge in [0.15, 0.2) is 9.84 Å². The predicted octanol–water partition coefficient (Wildman–Crippen LogP) is 4.32. The molecule has 0 aromatic heterocycles. The van der Waals surface area contributed by atoms with Gasteiger partial charge in [0.1, 0.15) is 5.67 Å². The lowest BCUT2D eigenvalue weighted by Gasteiger charge is -2.46. The van der Waals surface area contributed by atoms with Crippen molar-refractivity contribution in [1.82, 2.24) is 9.80 Å². The zero-order chi connectivity index (χ0) is 25.3. The number of benzene rings is 2. The Labute approximate surface area is 204 Å². The van der Waals surface area contributed by atoms with Gasteiger partial charge >= 0.3 is 6.18 Å². The fraction of sp³-hybridized carbons (Fsp3) is 0.520. The molecule has 2 saturated heterocycles. The fourth-order valence-corrected chi connectivity index (χ4v) is 5.69. The van der Waals surface area contributed by atoms with Crippen molar-refractivity contribution < 1.29 is 26.0 Å². The van der Waals surface area contributed by atoms with Crippen LogP contribution in [0.25, 0.3) is 0 Å². The molecule has 5 nitrogen and oxygen atoms in total. The van der Waals surface area contributed by atoms with Crippen molar-refractivity contribution in [2.75, 3.05) is 57.0 Å². The molecule has 0 saturated carbocycles. The van der Waals surface area contributed by atoms with Crippen molar-refractivity contribution in [3.63, 3.8) is 0 Å². The molecule has 2 aliphatic heterocycles. The zero-order valence-corrected chi connectivity index (χ0v) is 20.5. The van der Waals surface area contributed by atoms with Gasteiger partial charge < -0.3 is 4.90 Å². The molecule has 2 aromatic carbocycles. The van der Waals surface area contributed by atoms with Crippen LogP contribution < -0.4 is 4.90 Å². The summed E-state index contributed by atoms with van der Waals surface area (Å²) in [5.41, 5.74) is 0.270. The Morgan fingerprint density at radius 1 is 0.971 bits per heavy atom. The van der Waals surface area contributed by atoms with Crippen LogP contribution in [0, 0.1) is 0 Å². The van der Waals surface area contributed by atoms with Crippen molar-refractivity contribution in [2.24, 2.45) is 0 Å². The third-order valence-corrected chi connectivity index (χ3v) is 8.04. The number of piperazine rings is 1. The summed E-state index contributed by atoms with van der Waals surface area (Å²) in [5, 5.41) is 0. The van der Waals surface area contributed by atoms with E-state index in [9.17, 15) is 21.6 Å². The number of halogens is 4. The number of nitrogens with zero attached hydrogens (tertiary/aromatic N) is 3. The van der Waals surface area contributed by atoms with E-state index in [0.29, 0.717) is 19.6 Å². The summed E-state index contributed by atoms with van der Waals surface area (Å²) in [6.07, 6.45) is -2.96. The maximum atomic E-state index is 15.8. The highest BCUT2D eigenvalue weighted by molar-refractivity contribution is 7.90. The lowest BCUT2D eigenvalue weighted by Crippen LogP contribution is -2.55. The summed E-state index contributed by atoms with van der Waals surface area (Å²) in [4.78, 5) is 5.73. The summed E-state index contributed by atoms with van der Waals surface area (Å²) in [6, 6.07) is 16.5. The number of likely N-dealkylation sites (tertiary alicyclic amines) is 1. The zero-order valence-electron chi connectivity index (χ0n) is 19.7. The van der Waals surface area contributed by atoms with Crippen LogP contribution in [0.2, 0.25) is 0 Å². The van der Waals surface area contributed by atoms with Gasteiger partial charge in [-0.1, -0.05) is 36.4 Å². The molecule has 0 amide bonds. The van der Waals surface area contributed by atoms with Crippen molar-refractivity contribution in [2.45, 2.75) is 35.6 Å². The van der Waals surface area contributed by atoms with Crippen LogP contribution >= 0.6 is 0 Å². The van der Waals surface area contributed by atoms with Crippen molar-refractivity contribution in [3.8, 4) is 0 Å². The molecule has 4 rings (SSSR count). The number of sulfone groups is 1. The molecule has 10 heteroatoms. The average molecular weight is 514 g/mol. The second-order valence-electron chi connectivity index (χ2n) is 9.65. The van der Waals surface area contributed by atoms with Crippen LogP contribution in [-0.2, 0) is 9.84 Å². The quantitative estimate of drug-likeness (QED) is 0.539. The van der Waals surface area contributed by atoms with E-state index in [1.54, 1.807) is 18.2 Å². The first-order valence-corrected chi connectivity index (χ1v) is 13.6. The predicted molar refractivity (Wildman–Crippen MR) is 128 cm³/mol. The number of alkyl halides is 4. The smallest absolute Gasteiger partial charge is 0.368 e. The van der Waals surface area contributed by atoms with Gasteiger partial charge in [-0.15, -0.1) is 0 Å². The largest absolute Gasteiger partial charge is 0.401 e. The molecule has 1 atom stereocenters. The van der Waals surface area contributed by atoms with Gasteiger partial charge in [-0.2, -0.15) is 13.2 Å². The molecule has 0 aliphatic carbocycles. The van der Waals surface area contributed by atoms with Crippen LogP contribution in [0.1, 0.15) is 24.4 Å². The fourth-order valence-electron chi connectivity index (χ4n) is 5.03. The topological polar surface area (TPSA) is 43.9 Å². The minimum atomic E-state index is -4.28. The van der Waals surface area contributed by atoms with E-state index in [2.05, 4.69) is 9.80 Å². The Bertz CT molecular complexity index is 1100. The van der Waals surface area contributed by atoms with Crippen molar-refractivity contribution in [3.05, 3.63) is 60.2 Å².